The molecule has 0 atom stereocenters. The highest BCUT2D eigenvalue weighted by molar-refractivity contribution is 6.13. The molecule has 0 aliphatic rings. The van der Waals surface area contributed by atoms with Crippen molar-refractivity contribution in [1.82, 2.24) is 24.1 Å². The van der Waals surface area contributed by atoms with Crippen molar-refractivity contribution in [2.45, 2.75) is 13.1 Å². The van der Waals surface area contributed by atoms with Crippen LogP contribution in [0.5, 0.6) is 0 Å². The van der Waals surface area contributed by atoms with Gasteiger partial charge < -0.3 is 4.98 Å². The first kappa shape index (κ1) is 30.2. The number of benzene rings is 6. The molecule has 0 radical (unpaired) electrons. The molecule has 0 aliphatic heterocycles. The summed E-state index contributed by atoms with van der Waals surface area (Å²) in [6, 6.07) is 45.3. The van der Waals surface area contributed by atoms with E-state index >= 15 is 0 Å². The lowest BCUT2D eigenvalue weighted by Crippen LogP contribution is -2.07. The van der Waals surface area contributed by atoms with E-state index in [4.69, 9.17) is 4.98 Å². The number of para-hydroxylation sites is 4. The molecule has 10 aromatic rings. The first-order valence-electron chi connectivity index (χ1n) is 17.0. The first-order valence-corrected chi connectivity index (χ1v) is 17.0. The standard InChI is InChI=1S/C44H28F3N5/c1-26-17-20-37-35(23-26)32-19-18-27(24-39(32)52(37)40-25-28(21-22-48-40)44(45,46)47)30-12-8-16-38-42(30)50-43(51(38)29-9-3-2-4-10-29)34-14-7-13-33-31-11-5-6-15-36(31)49-41(33)34/h2-25,49H,1H3. The zero-order valence-corrected chi connectivity index (χ0v) is 27.8. The number of halogens is 3. The van der Waals surface area contributed by atoms with Crippen molar-refractivity contribution in [3.63, 3.8) is 0 Å². The quantitative estimate of drug-likeness (QED) is 0.201. The van der Waals surface area contributed by atoms with E-state index in [1.54, 1.807) is 0 Å². The van der Waals surface area contributed by atoms with Crippen molar-refractivity contribution in [2.75, 3.05) is 0 Å². The molecule has 8 heteroatoms. The third kappa shape index (κ3) is 4.57. The number of nitrogens with zero attached hydrogens (tertiary/aromatic N) is 4. The Morgan fingerprint density at radius 1 is 0.596 bits per heavy atom. The summed E-state index contributed by atoms with van der Waals surface area (Å²) in [4.78, 5) is 13.5. The van der Waals surface area contributed by atoms with E-state index in [1.165, 1.54) is 6.20 Å². The normalized spacial score (nSPS) is 12.2. The summed E-state index contributed by atoms with van der Waals surface area (Å²) in [5, 5.41) is 4.14. The van der Waals surface area contributed by atoms with Gasteiger partial charge in [0.05, 0.1) is 33.1 Å². The first-order chi connectivity index (χ1) is 25.3. The Kier molecular flexibility index (Phi) is 6.48. The Morgan fingerprint density at radius 2 is 1.38 bits per heavy atom. The smallest absolute Gasteiger partial charge is 0.354 e. The molecule has 10 rings (SSSR count). The maximum absolute atomic E-state index is 13.9. The van der Waals surface area contributed by atoms with E-state index in [2.05, 4.69) is 87.3 Å². The summed E-state index contributed by atoms with van der Waals surface area (Å²) in [5.41, 5.74) is 9.40. The summed E-state index contributed by atoms with van der Waals surface area (Å²) in [6.45, 7) is 2.01. The van der Waals surface area contributed by atoms with Crippen molar-refractivity contribution in [3.8, 4) is 34.0 Å². The molecule has 6 aromatic carbocycles. The molecule has 0 fully saturated rings. The second-order valence-electron chi connectivity index (χ2n) is 13.2. The second kappa shape index (κ2) is 11.2. The Morgan fingerprint density at radius 3 is 2.25 bits per heavy atom. The number of aromatic nitrogens is 5. The van der Waals surface area contributed by atoms with Gasteiger partial charge in [-0.3, -0.25) is 9.13 Å². The minimum absolute atomic E-state index is 0.205. The summed E-state index contributed by atoms with van der Waals surface area (Å²) in [6.07, 6.45) is -3.28. The van der Waals surface area contributed by atoms with Gasteiger partial charge in [0, 0.05) is 50.1 Å². The number of nitrogens with one attached hydrogen (secondary N) is 1. The van der Waals surface area contributed by atoms with Crippen LogP contribution >= 0.6 is 0 Å². The van der Waals surface area contributed by atoms with Crippen molar-refractivity contribution in [3.05, 3.63) is 157 Å². The van der Waals surface area contributed by atoms with Crippen LogP contribution in [0.3, 0.4) is 0 Å². The predicted octanol–water partition coefficient (Wildman–Crippen LogP) is 11.8. The lowest BCUT2D eigenvalue weighted by Gasteiger charge is -2.12. The average molecular weight is 684 g/mol. The average Bonchev–Trinajstić information content (AvgIpc) is 3.84. The number of fused-ring (bicyclic) bond motifs is 7. The van der Waals surface area contributed by atoms with Crippen molar-refractivity contribution in [1.29, 1.82) is 0 Å². The monoisotopic (exact) mass is 683 g/mol. The van der Waals surface area contributed by atoms with Crippen molar-refractivity contribution in [2.24, 2.45) is 0 Å². The molecule has 250 valence electrons. The summed E-state index contributed by atoms with van der Waals surface area (Å²) in [7, 11) is 0. The Labute approximate surface area is 295 Å². The molecule has 0 aliphatic carbocycles. The van der Waals surface area contributed by atoms with Gasteiger partial charge in [-0.25, -0.2) is 9.97 Å². The number of pyridine rings is 1. The van der Waals surface area contributed by atoms with Gasteiger partial charge in [0.15, 0.2) is 0 Å². The van der Waals surface area contributed by atoms with Gasteiger partial charge in [0.1, 0.15) is 11.6 Å². The topological polar surface area (TPSA) is 51.4 Å². The number of imidazole rings is 1. The molecule has 0 unspecified atom stereocenters. The van der Waals surface area contributed by atoms with Crippen LogP contribution in [0.15, 0.2) is 146 Å². The maximum Gasteiger partial charge on any atom is 0.416 e. The van der Waals surface area contributed by atoms with Crippen molar-refractivity contribution < 1.29 is 13.2 Å². The number of H-pyrrole nitrogens is 1. The van der Waals surface area contributed by atoms with Gasteiger partial charge in [-0.05, 0) is 73.2 Å². The Bertz CT molecular complexity index is 3020. The second-order valence-corrected chi connectivity index (χ2v) is 13.2. The zero-order valence-electron chi connectivity index (χ0n) is 27.8. The molecule has 0 saturated carbocycles. The molecule has 52 heavy (non-hydrogen) atoms. The van der Waals surface area contributed by atoms with E-state index < -0.39 is 11.7 Å². The molecular formula is C44H28F3N5. The molecule has 5 nitrogen and oxygen atoms in total. The van der Waals surface area contributed by atoms with Gasteiger partial charge in [0.25, 0.3) is 0 Å². The molecular weight excluding hydrogens is 656 g/mol. The van der Waals surface area contributed by atoms with Gasteiger partial charge >= 0.3 is 6.18 Å². The molecule has 0 saturated heterocycles. The van der Waals surface area contributed by atoms with Crippen LogP contribution in [-0.4, -0.2) is 24.1 Å². The van der Waals surface area contributed by atoms with Crippen LogP contribution in [0, 0.1) is 6.92 Å². The van der Waals surface area contributed by atoms with Gasteiger partial charge in [-0.2, -0.15) is 13.2 Å². The molecule has 0 spiro atoms. The molecule has 1 N–H and O–H groups in total. The Hall–Kier alpha value is -6.67. The Balaban J connectivity index is 1.24. The van der Waals surface area contributed by atoms with Crippen LogP contribution in [-0.2, 0) is 6.18 Å². The number of hydrogen-bond donors (Lipinski definition) is 1. The number of aromatic amines is 1. The minimum Gasteiger partial charge on any atom is -0.354 e. The van der Waals surface area contributed by atoms with Gasteiger partial charge in [0.2, 0.25) is 0 Å². The fourth-order valence-electron chi connectivity index (χ4n) is 7.68. The number of hydrogen-bond acceptors (Lipinski definition) is 2. The van der Waals surface area contributed by atoms with E-state index in [9.17, 15) is 13.2 Å². The van der Waals surface area contributed by atoms with Crippen LogP contribution in [0.2, 0.25) is 0 Å². The SMILES string of the molecule is Cc1ccc2c(c1)c1ccc(-c3cccc4c3nc(-c3cccc5c3[nH]c3ccccc35)n4-c3ccccc3)cc1n2-c1cc(C(F)(F)F)ccn1. The van der Waals surface area contributed by atoms with E-state index in [0.717, 1.165) is 101 Å². The molecule has 4 aromatic heterocycles. The lowest BCUT2D eigenvalue weighted by molar-refractivity contribution is -0.137. The molecule has 4 heterocycles. The molecule has 0 amide bonds. The van der Waals surface area contributed by atoms with E-state index in [1.807, 2.05) is 66.1 Å². The van der Waals surface area contributed by atoms with Crippen molar-refractivity contribution >= 4 is 54.6 Å². The fraction of sp³-hybridized carbons (Fsp3) is 0.0455. The summed E-state index contributed by atoms with van der Waals surface area (Å²) in [5.74, 6) is 1.00. The summed E-state index contributed by atoms with van der Waals surface area (Å²) < 4.78 is 45.7. The van der Waals surface area contributed by atoms with Gasteiger partial charge in [-0.1, -0.05) is 84.4 Å². The number of alkyl halides is 3. The zero-order chi connectivity index (χ0) is 35.1. The number of rotatable bonds is 4. The highest BCUT2D eigenvalue weighted by Gasteiger charge is 2.31. The van der Waals surface area contributed by atoms with Crippen LogP contribution < -0.4 is 0 Å². The van der Waals surface area contributed by atoms with Gasteiger partial charge in [-0.15, -0.1) is 0 Å². The summed E-state index contributed by atoms with van der Waals surface area (Å²) >= 11 is 0. The third-order valence-electron chi connectivity index (χ3n) is 10.0. The van der Waals surface area contributed by atoms with E-state index in [0.29, 0.717) is 0 Å². The highest BCUT2D eigenvalue weighted by Crippen LogP contribution is 2.41. The molecule has 0 bridgehead atoms. The highest BCUT2D eigenvalue weighted by atomic mass is 19.4. The maximum atomic E-state index is 13.9. The fourth-order valence-corrected chi connectivity index (χ4v) is 7.68. The van der Waals surface area contributed by atoms with E-state index in [-0.39, 0.29) is 5.82 Å². The number of aryl methyl sites for hydroxylation is 1. The van der Waals surface area contributed by atoms with Crippen LogP contribution in [0.1, 0.15) is 11.1 Å². The predicted molar refractivity (Wildman–Crippen MR) is 203 cm³/mol. The lowest BCUT2D eigenvalue weighted by atomic mass is 10.0. The minimum atomic E-state index is -4.50. The largest absolute Gasteiger partial charge is 0.416 e. The van der Waals surface area contributed by atoms with Crippen LogP contribution in [0.4, 0.5) is 13.2 Å². The third-order valence-corrected chi connectivity index (χ3v) is 10.0. The van der Waals surface area contributed by atoms with Crippen LogP contribution in [0.25, 0.3) is 88.7 Å².